The summed E-state index contributed by atoms with van der Waals surface area (Å²) in [4.78, 5) is 17.6. The third-order valence-electron chi connectivity index (χ3n) is 3.58. The second kappa shape index (κ2) is 8.55. The highest BCUT2D eigenvalue weighted by Crippen LogP contribution is 2.32. The smallest absolute Gasteiger partial charge is 0.221 e. The molecule has 1 aromatic carbocycles. The van der Waals surface area contributed by atoms with Gasteiger partial charge in [0.2, 0.25) is 5.91 Å². The van der Waals surface area contributed by atoms with Gasteiger partial charge in [-0.15, -0.1) is 10.2 Å². The zero-order valence-corrected chi connectivity index (χ0v) is 14.5. The van der Waals surface area contributed by atoms with Gasteiger partial charge in [0.1, 0.15) is 17.4 Å². The molecule has 0 saturated carbocycles. The van der Waals surface area contributed by atoms with E-state index in [1.54, 1.807) is 18.2 Å². The highest BCUT2D eigenvalue weighted by atomic mass is 16.1. The lowest BCUT2D eigenvalue weighted by molar-refractivity contribution is -0.114. The van der Waals surface area contributed by atoms with Crippen LogP contribution in [-0.2, 0) is 4.79 Å². The van der Waals surface area contributed by atoms with Crippen LogP contribution in [0.3, 0.4) is 0 Å². The minimum absolute atomic E-state index is 0.188. The molecule has 1 aromatic heterocycles. The van der Waals surface area contributed by atoms with Crippen molar-refractivity contribution in [1.29, 1.82) is 5.26 Å². The summed E-state index contributed by atoms with van der Waals surface area (Å²) >= 11 is 0. The summed E-state index contributed by atoms with van der Waals surface area (Å²) in [5.74, 6) is -0.188. The third-order valence-corrected chi connectivity index (χ3v) is 3.58. The lowest BCUT2D eigenvalue weighted by Crippen LogP contribution is -2.21. The Morgan fingerprint density at radius 1 is 1.24 bits per heavy atom. The van der Waals surface area contributed by atoms with Crippen molar-refractivity contribution in [3.63, 3.8) is 0 Å². The molecule has 0 bridgehead atoms. The molecule has 7 nitrogen and oxygen atoms in total. The van der Waals surface area contributed by atoms with Gasteiger partial charge in [-0.05, 0) is 44.2 Å². The van der Waals surface area contributed by atoms with Gasteiger partial charge in [-0.1, -0.05) is 0 Å². The minimum Gasteiger partial charge on any atom is -0.372 e. The number of nitrogens with one attached hydrogen (secondary N) is 1. The van der Waals surface area contributed by atoms with Gasteiger partial charge in [-0.3, -0.25) is 4.79 Å². The van der Waals surface area contributed by atoms with E-state index in [2.05, 4.69) is 39.3 Å². The number of pyridine rings is 1. The molecule has 0 saturated heterocycles. The van der Waals surface area contributed by atoms with Crippen molar-refractivity contribution in [3.8, 4) is 6.07 Å². The van der Waals surface area contributed by atoms with E-state index in [1.807, 2.05) is 18.2 Å². The van der Waals surface area contributed by atoms with Gasteiger partial charge < -0.3 is 10.2 Å². The molecular weight excluding hydrogens is 316 g/mol. The Bertz CT molecular complexity index is 821. The minimum atomic E-state index is -0.188. The number of amides is 1. The predicted molar refractivity (Wildman–Crippen MR) is 97.4 cm³/mol. The Kier molecular flexibility index (Phi) is 6.18. The van der Waals surface area contributed by atoms with E-state index < -0.39 is 0 Å². The highest BCUT2D eigenvalue weighted by molar-refractivity contribution is 5.93. The lowest BCUT2D eigenvalue weighted by atomic mass is 10.2. The number of anilines is 2. The summed E-state index contributed by atoms with van der Waals surface area (Å²) in [6.07, 6.45) is 1.53. The largest absolute Gasteiger partial charge is 0.372 e. The van der Waals surface area contributed by atoms with Crippen molar-refractivity contribution in [2.24, 2.45) is 10.2 Å². The maximum Gasteiger partial charge on any atom is 0.221 e. The summed E-state index contributed by atoms with van der Waals surface area (Å²) in [5, 5.41) is 20.1. The monoisotopic (exact) mass is 336 g/mol. The van der Waals surface area contributed by atoms with E-state index >= 15 is 0 Å². The van der Waals surface area contributed by atoms with Gasteiger partial charge in [0.25, 0.3) is 0 Å². The van der Waals surface area contributed by atoms with Gasteiger partial charge in [0.05, 0.1) is 5.69 Å². The van der Waals surface area contributed by atoms with Crippen LogP contribution in [0.5, 0.6) is 0 Å². The number of nitriles is 1. The predicted octanol–water partition coefficient (Wildman–Crippen LogP) is 4.17. The molecule has 25 heavy (non-hydrogen) atoms. The topological polar surface area (TPSA) is 93.7 Å². The first kappa shape index (κ1) is 18.1. The normalized spacial score (nSPS) is 10.5. The second-order valence-electron chi connectivity index (χ2n) is 5.24. The van der Waals surface area contributed by atoms with Crippen molar-refractivity contribution in [2.45, 2.75) is 20.8 Å². The van der Waals surface area contributed by atoms with Crippen LogP contribution in [0.4, 0.5) is 22.7 Å². The van der Waals surface area contributed by atoms with Crippen molar-refractivity contribution < 1.29 is 4.79 Å². The Labute approximate surface area is 147 Å². The summed E-state index contributed by atoms with van der Waals surface area (Å²) in [7, 11) is 0. The summed E-state index contributed by atoms with van der Waals surface area (Å²) < 4.78 is 0. The molecule has 1 heterocycles. The Balaban J connectivity index is 2.40. The molecule has 0 fully saturated rings. The van der Waals surface area contributed by atoms with E-state index in [4.69, 9.17) is 5.26 Å². The molecular formula is C18H20N6O. The molecule has 1 amide bonds. The zero-order chi connectivity index (χ0) is 18.2. The number of hydrogen-bond acceptors (Lipinski definition) is 6. The average molecular weight is 336 g/mol. The number of nitrogens with zero attached hydrogens (tertiary/aromatic N) is 5. The van der Waals surface area contributed by atoms with Crippen molar-refractivity contribution >= 4 is 28.7 Å². The van der Waals surface area contributed by atoms with Crippen LogP contribution in [0, 0.1) is 11.3 Å². The number of carbonyl (C=O) groups is 1. The standard InChI is InChI=1S/C18H20N6O/c1-4-24(5-2)14-8-9-16(17(11-14)21-13(3)25)23-22-15-7-6-10-20-18(15)12-19/h6-11H,4-5H2,1-3H3,(H,21,25). The molecule has 0 aliphatic heterocycles. The summed E-state index contributed by atoms with van der Waals surface area (Å²) in [6.45, 7) is 7.30. The molecule has 0 aliphatic carbocycles. The van der Waals surface area contributed by atoms with Crippen molar-refractivity contribution in [3.05, 3.63) is 42.2 Å². The van der Waals surface area contributed by atoms with Crippen LogP contribution in [0.25, 0.3) is 0 Å². The quantitative estimate of drug-likeness (QED) is 0.801. The van der Waals surface area contributed by atoms with Gasteiger partial charge in [-0.25, -0.2) is 4.98 Å². The first-order valence-corrected chi connectivity index (χ1v) is 8.02. The van der Waals surface area contributed by atoms with Crippen molar-refractivity contribution in [2.75, 3.05) is 23.3 Å². The fourth-order valence-corrected chi connectivity index (χ4v) is 2.36. The van der Waals surface area contributed by atoms with E-state index in [-0.39, 0.29) is 11.6 Å². The second-order valence-corrected chi connectivity index (χ2v) is 5.24. The molecule has 0 atom stereocenters. The van der Waals surface area contributed by atoms with Crippen LogP contribution in [-0.4, -0.2) is 24.0 Å². The van der Waals surface area contributed by atoms with Crippen LogP contribution in [0.1, 0.15) is 26.5 Å². The van der Waals surface area contributed by atoms with E-state index in [9.17, 15) is 4.79 Å². The highest BCUT2D eigenvalue weighted by Gasteiger charge is 2.09. The number of carbonyl (C=O) groups excluding carboxylic acids is 1. The first-order chi connectivity index (χ1) is 12.1. The zero-order valence-electron chi connectivity index (χ0n) is 14.5. The maximum absolute atomic E-state index is 11.5. The molecule has 2 rings (SSSR count). The third kappa shape index (κ3) is 4.61. The van der Waals surface area contributed by atoms with Crippen LogP contribution in [0.2, 0.25) is 0 Å². The number of benzene rings is 1. The molecule has 0 spiro atoms. The van der Waals surface area contributed by atoms with Crippen LogP contribution in [0.15, 0.2) is 46.8 Å². The van der Waals surface area contributed by atoms with E-state index in [0.717, 1.165) is 18.8 Å². The summed E-state index contributed by atoms with van der Waals surface area (Å²) in [5.41, 5.74) is 2.66. The number of azo groups is 1. The Morgan fingerprint density at radius 3 is 2.60 bits per heavy atom. The summed E-state index contributed by atoms with van der Waals surface area (Å²) in [6, 6.07) is 10.9. The molecule has 2 aromatic rings. The molecule has 1 N–H and O–H groups in total. The van der Waals surface area contributed by atoms with Crippen LogP contribution < -0.4 is 10.2 Å². The first-order valence-electron chi connectivity index (χ1n) is 8.02. The fourth-order valence-electron chi connectivity index (χ4n) is 2.36. The van der Waals surface area contributed by atoms with E-state index in [0.29, 0.717) is 17.1 Å². The lowest BCUT2D eigenvalue weighted by Gasteiger charge is -2.22. The SMILES string of the molecule is CCN(CC)c1ccc(N=Nc2cccnc2C#N)c(NC(C)=O)c1. The van der Waals surface area contributed by atoms with Crippen molar-refractivity contribution in [1.82, 2.24) is 4.98 Å². The van der Waals surface area contributed by atoms with Gasteiger partial charge >= 0.3 is 0 Å². The van der Waals surface area contributed by atoms with Crippen LogP contribution >= 0.6 is 0 Å². The fraction of sp³-hybridized carbons (Fsp3) is 0.278. The van der Waals surface area contributed by atoms with E-state index in [1.165, 1.54) is 13.1 Å². The number of hydrogen-bond donors (Lipinski definition) is 1. The Morgan fingerprint density at radius 2 is 1.96 bits per heavy atom. The molecule has 0 unspecified atom stereocenters. The average Bonchev–Trinajstić information content (AvgIpc) is 2.62. The van der Waals surface area contributed by atoms with Gasteiger partial charge in [0, 0.05) is 31.9 Å². The molecule has 0 radical (unpaired) electrons. The maximum atomic E-state index is 11.5. The van der Waals surface area contributed by atoms with Gasteiger partial charge in [0.15, 0.2) is 5.69 Å². The molecule has 7 heteroatoms. The van der Waals surface area contributed by atoms with Gasteiger partial charge in [-0.2, -0.15) is 5.26 Å². The number of aromatic nitrogens is 1. The Hall–Kier alpha value is -3.27. The molecule has 0 aliphatic rings. The molecule has 128 valence electrons. The number of rotatable bonds is 6.